The summed E-state index contributed by atoms with van der Waals surface area (Å²) < 4.78 is 0. The molecule has 1 aliphatic rings. The average Bonchev–Trinajstić information content (AvgIpc) is 2.33. The van der Waals surface area contributed by atoms with Crippen LogP contribution < -0.4 is 0 Å². The summed E-state index contributed by atoms with van der Waals surface area (Å²) in [6.45, 7) is 0. The lowest BCUT2D eigenvalue weighted by Crippen LogP contribution is -2.16. The van der Waals surface area contributed by atoms with Crippen LogP contribution in [0.3, 0.4) is 0 Å². The van der Waals surface area contributed by atoms with Gasteiger partial charge in [-0.2, -0.15) is 0 Å². The Morgan fingerprint density at radius 1 is 0.824 bits per heavy atom. The molecule has 0 amide bonds. The lowest BCUT2D eigenvalue weighted by molar-refractivity contribution is -0.110. The third-order valence-electron chi connectivity index (χ3n) is 2.84. The maximum atomic E-state index is 11.7. The van der Waals surface area contributed by atoms with E-state index in [1.807, 2.05) is 30.3 Å². The van der Waals surface area contributed by atoms with E-state index in [1.54, 1.807) is 12.1 Å². The minimum Gasteiger partial charge on any atom is -0.412 e. The van der Waals surface area contributed by atoms with E-state index < -0.39 is 11.6 Å². The quantitative estimate of drug-likeness (QED) is 0.643. The summed E-state index contributed by atoms with van der Waals surface area (Å²) in [5, 5.41) is 2.09. The van der Waals surface area contributed by atoms with Crippen molar-refractivity contribution in [1.82, 2.24) is 0 Å². The highest BCUT2D eigenvalue weighted by Crippen LogP contribution is 2.26. The van der Waals surface area contributed by atoms with Gasteiger partial charge in [-0.3, -0.25) is 9.59 Å². The molecule has 0 spiro atoms. The number of Topliss-reactive ketones (excluding diaryl/α,β-unsaturated/α-hetero) is 1. The highest BCUT2D eigenvalue weighted by molar-refractivity contribution is 6.50. The molecule has 0 heterocycles. The number of fused-ring (bicyclic) bond motifs is 3. The SMILES string of the molecule is O.O=C1C=Cc2c(ccc3ccccc23)C1=O. The number of hydrogen-bond donors (Lipinski definition) is 0. The molecule has 3 heteroatoms. The maximum absolute atomic E-state index is 11.7. The van der Waals surface area contributed by atoms with Crippen molar-refractivity contribution in [3.05, 3.63) is 53.6 Å². The fraction of sp³-hybridized carbons (Fsp3) is 0. The van der Waals surface area contributed by atoms with Crippen LogP contribution in [0.15, 0.2) is 42.5 Å². The molecule has 0 bridgehead atoms. The number of rotatable bonds is 0. The number of hydrogen-bond acceptors (Lipinski definition) is 2. The van der Waals surface area contributed by atoms with Crippen LogP contribution >= 0.6 is 0 Å². The molecular formula is C14H10O3. The normalized spacial score (nSPS) is 13.4. The zero-order valence-corrected chi connectivity index (χ0v) is 8.94. The van der Waals surface area contributed by atoms with E-state index in [0.717, 1.165) is 16.3 Å². The van der Waals surface area contributed by atoms with E-state index in [4.69, 9.17) is 0 Å². The van der Waals surface area contributed by atoms with Gasteiger partial charge >= 0.3 is 0 Å². The smallest absolute Gasteiger partial charge is 0.233 e. The molecule has 0 aromatic heterocycles. The first kappa shape index (κ1) is 11.2. The van der Waals surface area contributed by atoms with E-state index in [1.165, 1.54) is 6.08 Å². The predicted molar refractivity (Wildman–Crippen MR) is 65.9 cm³/mol. The molecule has 17 heavy (non-hydrogen) atoms. The fourth-order valence-electron chi connectivity index (χ4n) is 2.04. The molecule has 1 aliphatic carbocycles. The van der Waals surface area contributed by atoms with Crippen molar-refractivity contribution in [1.29, 1.82) is 0 Å². The molecular weight excluding hydrogens is 216 g/mol. The van der Waals surface area contributed by atoms with Crippen molar-refractivity contribution < 1.29 is 15.1 Å². The topological polar surface area (TPSA) is 65.6 Å². The molecule has 0 saturated heterocycles. The van der Waals surface area contributed by atoms with Crippen LogP contribution in [-0.4, -0.2) is 17.0 Å². The fourth-order valence-corrected chi connectivity index (χ4v) is 2.04. The van der Waals surface area contributed by atoms with E-state index in [0.29, 0.717) is 5.56 Å². The number of carbonyl (C=O) groups is 2. The van der Waals surface area contributed by atoms with Crippen LogP contribution in [0.1, 0.15) is 15.9 Å². The lowest BCUT2D eigenvalue weighted by Gasteiger charge is -2.11. The van der Waals surface area contributed by atoms with Crippen molar-refractivity contribution in [3.8, 4) is 0 Å². The molecule has 0 radical (unpaired) electrons. The second kappa shape index (κ2) is 3.96. The lowest BCUT2D eigenvalue weighted by atomic mass is 9.91. The monoisotopic (exact) mass is 226 g/mol. The second-order valence-corrected chi connectivity index (χ2v) is 3.77. The zero-order chi connectivity index (χ0) is 11.1. The number of carbonyl (C=O) groups excluding carboxylic acids is 2. The van der Waals surface area contributed by atoms with Gasteiger partial charge in [0.05, 0.1) is 0 Å². The molecule has 0 unspecified atom stereocenters. The first-order valence-corrected chi connectivity index (χ1v) is 5.06. The Labute approximate surface area is 97.7 Å². The summed E-state index contributed by atoms with van der Waals surface area (Å²) in [7, 11) is 0. The van der Waals surface area contributed by atoms with Crippen LogP contribution in [-0.2, 0) is 4.79 Å². The standard InChI is InChI=1S/C14H8O2.H2O/c15-13-8-7-11-10-4-2-1-3-9(10)5-6-12(11)14(13)16;/h1-8H;1H2. The van der Waals surface area contributed by atoms with Gasteiger partial charge in [0.15, 0.2) is 0 Å². The largest absolute Gasteiger partial charge is 0.412 e. The molecule has 0 atom stereocenters. The van der Waals surface area contributed by atoms with Crippen LogP contribution in [0.2, 0.25) is 0 Å². The maximum Gasteiger partial charge on any atom is 0.233 e. The van der Waals surface area contributed by atoms with Crippen molar-refractivity contribution in [3.63, 3.8) is 0 Å². The Morgan fingerprint density at radius 3 is 2.41 bits per heavy atom. The molecule has 84 valence electrons. The Kier molecular flexibility index (Phi) is 2.61. The van der Waals surface area contributed by atoms with Gasteiger partial charge in [-0.25, -0.2) is 0 Å². The molecule has 2 aromatic rings. The highest BCUT2D eigenvalue weighted by atomic mass is 16.2. The Morgan fingerprint density at radius 2 is 1.59 bits per heavy atom. The van der Waals surface area contributed by atoms with E-state index >= 15 is 0 Å². The van der Waals surface area contributed by atoms with Crippen molar-refractivity contribution in [2.24, 2.45) is 0 Å². The third kappa shape index (κ3) is 1.57. The van der Waals surface area contributed by atoms with Crippen LogP contribution in [0, 0.1) is 0 Å². The van der Waals surface area contributed by atoms with E-state index in [9.17, 15) is 9.59 Å². The van der Waals surface area contributed by atoms with Gasteiger partial charge in [-0.05, 0) is 34.6 Å². The van der Waals surface area contributed by atoms with Crippen LogP contribution in [0.5, 0.6) is 0 Å². The highest BCUT2D eigenvalue weighted by Gasteiger charge is 2.21. The van der Waals surface area contributed by atoms with Crippen LogP contribution in [0.4, 0.5) is 0 Å². The van der Waals surface area contributed by atoms with E-state index in [-0.39, 0.29) is 5.48 Å². The first-order chi connectivity index (χ1) is 7.77. The Bertz CT molecular complexity index is 654. The summed E-state index contributed by atoms with van der Waals surface area (Å²) in [6.07, 6.45) is 3.07. The number of benzene rings is 2. The molecule has 0 aliphatic heterocycles. The summed E-state index contributed by atoms with van der Waals surface area (Å²) in [6, 6.07) is 11.4. The summed E-state index contributed by atoms with van der Waals surface area (Å²) in [4.78, 5) is 22.9. The van der Waals surface area contributed by atoms with Gasteiger partial charge in [0.25, 0.3) is 0 Å². The third-order valence-corrected chi connectivity index (χ3v) is 2.84. The minimum absolute atomic E-state index is 0. The van der Waals surface area contributed by atoms with Crippen molar-refractivity contribution in [2.75, 3.05) is 0 Å². The number of allylic oxidation sites excluding steroid dienone is 1. The van der Waals surface area contributed by atoms with Gasteiger partial charge < -0.3 is 5.48 Å². The van der Waals surface area contributed by atoms with Gasteiger partial charge in [0.2, 0.25) is 11.6 Å². The Balaban J connectivity index is 0.00000108. The summed E-state index contributed by atoms with van der Waals surface area (Å²) >= 11 is 0. The molecule has 0 saturated carbocycles. The summed E-state index contributed by atoms with van der Waals surface area (Å²) in [5.41, 5.74) is 1.36. The first-order valence-electron chi connectivity index (χ1n) is 5.06. The van der Waals surface area contributed by atoms with E-state index in [2.05, 4.69) is 0 Å². The van der Waals surface area contributed by atoms with Crippen molar-refractivity contribution >= 4 is 28.4 Å². The minimum atomic E-state index is -0.442. The average molecular weight is 226 g/mol. The Hall–Kier alpha value is -2.26. The molecule has 3 rings (SSSR count). The van der Waals surface area contributed by atoms with Gasteiger partial charge in [0, 0.05) is 5.56 Å². The van der Waals surface area contributed by atoms with Crippen LogP contribution in [0.25, 0.3) is 16.8 Å². The molecule has 0 fully saturated rings. The van der Waals surface area contributed by atoms with Gasteiger partial charge in [-0.1, -0.05) is 30.3 Å². The molecule has 2 aromatic carbocycles. The zero-order valence-electron chi connectivity index (χ0n) is 8.94. The van der Waals surface area contributed by atoms with Gasteiger partial charge in [-0.15, -0.1) is 0 Å². The molecule has 3 nitrogen and oxygen atoms in total. The van der Waals surface area contributed by atoms with Crippen molar-refractivity contribution in [2.45, 2.75) is 0 Å². The number of ketones is 2. The predicted octanol–water partition coefficient (Wildman–Crippen LogP) is 1.79. The summed E-state index contributed by atoms with van der Waals surface area (Å²) in [5.74, 6) is -0.856. The van der Waals surface area contributed by atoms with Gasteiger partial charge in [0.1, 0.15) is 0 Å². The second-order valence-electron chi connectivity index (χ2n) is 3.77. The molecule has 2 N–H and O–H groups in total.